The average molecular weight is 349 g/mol. The highest BCUT2D eigenvalue weighted by molar-refractivity contribution is 6.04. The summed E-state index contributed by atoms with van der Waals surface area (Å²) in [5.41, 5.74) is 2.87. The zero-order valence-corrected chi connectivity index (χ0v) is 14.8. The number of aryl methyl sites for hydroxylation is 2. The Morgan fingerprint density at radius 3 is 2.42 bits per heavy atom. The van der Waals surface area contributed by atoms with Gasteiger partial charge in [-0.2, -0.15) is 5.10 Å². The zero-order chi connectivity index (χ0) is 18.7. The molecule has 1 aromatic heterocycles. The summed E-state index contributed by atoms with van der Waals surface area (Å²) >= 11 is 0. The number of nitrogens with one attached hydrogen (secondary N) is 1. The summed E-state index contributed by atoms with van der Waals surface area (Å²) in [6.07, 6.45) is 0. The van der Waals surface area contributed by atoms with E-state index in [4.69, 9.17) is 4.74 Å². The van der Waals surface area contributed by atoms with E-state index in [1.165, 1.54) is 6.07 Å². The number of aromatic nitrogens is 2. The smallest absolute Gasteiger partial charge is 0.347 e. The van der Waals surface area contributed by atoms with Crippen molar-refractivity contribution in [2.45, 2.75) is 13.8 Å². The predicted molar refractivity (Wildman–Crippen MR) is 98.5 cm³/mol. The summed E-state index contributed by atoms with van der Waals surface area (Å²) in [7, 11) is 1.77. The van der Waals surface area contributed by atoms with Crippen molar-refractivity contribution in [1.29, 1.82) is 0 Å². The number of hydrogen-bond donors (Lipinski definition) is 1. The van der Waals surface area contributed by atoms with E-state index >= 15 is 0 Å². The third kappa shape index (κ3) is 3.64. The van der Waals surface area contributed by atoms with E-state index < -0.39 is 5.97 Å². The number of anilines is 1. The van der Waals surface area contributed by atoms with Crippen LogP contribution in [0, 0.1) is 13.8 Å². The minimum absolute atomic E-state index is 0.275. The standard InChI is InChI=1S/C20H19N3O3/c1-13-18(14(2)23(3)22-13)20(25)26-17-11-7-8-15(12-17)19(24)21-16-9-5-4-6-10-16/h4-12H,1-3H3,(H,21,24). The third-order valence-corrected chi connectivity index (χ3v) is 4.05. The van der Waals surface area contributed by atoms with Crippen molar-refractivity contribution in [2.75, 3.05) is 5.32 Å². The number of rotatable bonds is 4. The van der Waals surface area contributed by atoms with Gasteiger partial charge in [0.1, 0.15) is 11.3 Å². The summed E-state index contributed by atoms with van der Waals surface area (Å²) in [4.78, 5) is 24.8. The highest BCUT2D eigenvalue weighted by Crippen LogP contribution is 2.19. The quantitative estimate of drug-likeness (QED) is 0.578. The van der Waals surface area contributed by atoms with Gasteiger partial charge in [-0.15, -0.1) is 0 Å². The molecule has 0 aliphatic heterocycles. The van der Waals surface area contributed by atoms with Crippen molar-refractivity contribution in [3.63, 3.8) is 0 Å². The van der Waals surface area contributed by atoms with Crippen LogP contribution in [0.15, 0.2) is 54.6 Å². The van der Waals surface area contributed by atoms with Crippen molar-refractivity contribution < 1.29 is 14.3 Å². The van der Waals surface area contributed by atoms with Gasteiger partial charge in [-0.05, 0) is 44.2 Å². The molecule has 3 aromatic rings. The van der Waals surface area contributed by atoms with Crippen LogP contribution >= 0.6 is 0 Å². The van der Waals surface area contributed by atoms with E-state index in [2.05, 4.69) is 10.4 Å². The topological polar surface area (TPSA) is 73.2 Å². The van der Waals surface area contributed by atoms with Gasteiger partial charge in [0.05, 0.1) is 5.69 Å². The van der Waals surface area contributed by atoms with Crippen molar-refractivity contribution >= 4 is 17.6 Å². The van der Waals surface area contributed by atoms with E-state index in [1.54, 1.807) is 55.9 Å². The second kappa shape index (κ2) is 7.23. The molecule has 0 aliphatic carbocycles. The van der Waals surface area contributed by atoms with E-state index in [0.717, 1.165) is 5.69 Å². The first kappa shape index (κ1) is 17.4. The van der Waals surface area contributed by atoms with Crippen molar-refractivity contribution in [3.8, 4) is 5.75 Å². The molecule has 0 saturated carbocycles. The molecule has 6 heteroatoms. The van der Waals surface area contributed by atoms with E-state index in [1.807, 2.05) is 18.2 Å². The molecule has 0 saturated heterocycles. The molecule has 1 amide bonds. The van der Waals surface area contributed by atoms with Crippen LogP contribution in [-0.4, -0.2) is 21.7 Å². The second-order valence-corrected chi connectivity index (χ2v) is 5.91. The van der Waals surface area contributed by atoms with Crippen molar-refractivity contribution in [2.24, 2.45) is 7.05 Å². The van der Waals surface area contributed by atoms with Gasteiger partial charge in [0.2, 0.25) is 0 Å². The summed E-state index contributed by atoms with van der Waals surface area (Å²) < 4.78 is 7.08. The monoisotopic (exact) mass is 349 g/mol. The van der Waals surface area contributed by atoms with Crippen LogP contribution < -0.4 is 10.1 Å². The second-order valence-electron chi connectivity index (χ2n) is 5.91. The Morgan fingerprint density at radius 1 is 1.04 bits per heavy atom. The number of ether oxygens (including phenoxy) is 1. The molecule has 0 atom stereocenters. The van der Waals surface area contributed by atoms with Crippen LogP contribution in [0.25, 0.3) is 0 Å². The highest BCUT2D eigenvalue weighted by atomic mass is 16.5. The Labute approximate surface area is 151 Å². The number of carbonyl (C=O) groups excluding carboxylic acids is 2. The van der Waals surface area contributed by atoms with Gasteiger partial charge < -0.3 is 10.1 Å². The van der Waals surface area contributed by atoms with Crippen molar-refractivity contribution in [3.05, 3.63) is 77.1 Å². The maximum Gasteiger partial charge on any atom is 0.347 e. The molecular formula is C20H19N3O3. The molecule has 1 N–H and O–H groups in total. The molecule has 0 spiro atoms. The Kier molecular flexibility index (Phi) is 4.84. The largest absolute Gasteiger partial charge is 0.423 e. The number of carbonyl (C=O) groups is 2. The highest BCUT2D eigenvalue weighted by Gasteiger charge is 2.19. The fourth-order valence-corrected chi connectivity index (χ4v) is 2.65. The molecule has 26 heavy (non-hydrogen) atoms. The van der Waals surface area contributed by atoms with E-state index in [9.17, 15) is 9.59 Å². The third-order valence-electron chi connectivity index (χ3n) is 4.05. The van der Waals surface area contributed by atoms with Gasteiger partial charge in [0.15, 0.2) is 0 Å². The molecule has 0 fully saturated rings. The Balaban J connectivity index is 1.77. The number of amides is 1. The van der Waals surface area contributed by atoms with Gasteiger partial charge in [0, 0.05) is 24.0 Å². The Hall–Kier alpha value is -3.41. The summed E-state index contributed by atoms with van der Waals surface area (Å²) in [5.74, 6) is -0.463. The summed E-state index contributed by atoms with van der Waals surface area (Å²) in [5, 5.41) is 7.02. The fraction of sp³-hybridized carbons (Fsp3) is 0.150. The van der Waals surface area contributed by atoms with Crippen LogP contribution in [-0.2, 0) is 7.05 Å². The molecule has 3 rings (SSSR count). The van der Waals surface area contributed by atoms with Crippen LogP contribution in [0.4, 0.5) is 5.69 Å². The predicted octanol–water partition coefficient (Wildman–Crippen LogP) is 3.51. The molecule has 6 nitrogen and oxygen atoms in total. The number of nitrogens with zero attached hydrogens (tertiary/aromatic N) is 2. The number of para-hydroxylation sites is 1. The molecule has 0 unspecified atom stereocenters. The maximum absolute atomic E-state index is 12.5. The fourth-order valence-electron chi connectivity index (χ4n) is 2.65. The first-order valence-corrected chi connectivity index (χ1v) is 8.14. The van der Waals surface area contributed by atoms with Crippen LogP contribution in [0.5, 0.6) is 5.75 Å². The van der Waals surface area contributed by atoms with Crippen LogP contribution in [0.1, 0.15) is 32.1 Å². The van der Waals surface area contributed by atoms with Crippen molar-refractivity contribution in [1.82, 2.24) is 9.78 Å². The zero-order valence-electron chi connectivity index (χ0n) is 14.8. The lowest BCUT2D eigenvalue weighted by molar-refractivity contribution is 0.0732. The molecule has 2 aromatic carbocycles. The van der Waals surface area contributed by atoms with E-state index in [-0.39, 0.29) is 5.91 Å². The number of hydrogen-bond acceptors (Lipinski definition) is 4. The average Bonchev–Trinajstić information content (AvgIpc) is 2.88. The molecular weight excluding hydrogens is 330 g/mol. The first-order valence-electron chi connectivity index (χ1n) is 8.14. The maximum atomic E-state index is 12.5. The van der Waals surface area contributed by atoms with Crippen LogP contribution in [0.2, 0.25) is 0 Å². The van der Waals surface area contributed by atoms with Gasteiger partial charge in [-0.1, -0.05) is 24.3 Å². The van der Waals surface area contributed by atoms with Gasteiger partial charge in [-0.25, -0.2) is 4.79 Å². The molecule has 132 valence electrons. The SMILES string of the molecule is Cc1nn(C)c(C)c1C(=O)Oc1cccc(C(=O)Nc2ccccc2)c1. The lowest BCUT2D eigenvalue weighted by Gasteiger charge is -2.08. The van der Waals surface area contributed by atoms with Gasteiger partial charge in [-0.3, -0.25) is 9.48 Å². The summed E-state index contributed by atoms with van der Waals surface area (Å²) in [6, 6.07) is 15.7. The molecule has 1 heterocycles. The Morgan fingerprint density at radius 2 is 1.77 bits per heavy atom. The molecule has 0 bridgehead atoms. The Bertz CT molecular complexity index is 962. The van der Waals surface area contributed by atoms with E-state index in [0.29, 0.717) is 28.3 Å². The lowest BCUT2D eigenvalue weighted by atomic mass is 10.2. The normalized spacial score (nSPS) is 10.4. The molecule has 0 aliphatic rings. The minimum atomic E-state index is -0.492. The summed E-state index contributed by atoms with van der Waals surface area (Å²) in [6.45, 7) is 3.56. The number of esters is 1. The molecule has 0 radical (unpaired) electrons. The van der Waals surface area contributed by atoms with Gasteiger partial charge in [0.25, 0.3) is 5.91 Å². The van der Waals surface area contributed by atoms with Gasteiger partial charge >= 0.3 is 5.97 Å². The van der Waals surface area contributed by atoms with Crippen LogP contribution in [0.3, 0.4) is 0 Å². The number of benzene rings is 2. The first-order chi connectivity index (χ1) is 12.5. The minimum Gasteiger partial charge on any atom is -0.423 e. The lowest BCUT2D eigenvalue weighted by Crippen LogP contribution is -2.14.